The fraction of sp³-hybridized carbons (Fsp3) is 0.333. The van der Waals surface area contributed by atoms with Crippen molar-refractivity contribution in [1.82, 2.24) is 0 Å². The largest absolute Gasteiger partial charge is 0.151 e. The molecule has 0 aliphatic carbocycles. The van der Waals surface area contributed by atoms with Crippen molar-refractivity contribution >= 4 is 22.1 Å². The third-order valence-electron chi connectivity index (χ3n) is 2.80. The maximum atomic E-state index is 4.33. The quantitative estimate of drug-likeness (QED) is 0.410. The molecule has 0 radical (unpaired) electrons. The lowest BCUT2D eigenvalue weighted by atomic mass is 10.1. The molecule has 0 unspecified atom stereocenters. The summed E-state index contributed by atoms with van der Waals surface area (Å²) in [5, 5.41) is 10.9. The Labute approximate surface area is 161 Å². The maximum Gasteiger partial charge on any atom is 0.0935 e. The highest BCUT2D eigenvalue weighted by atomic mass is 15.1. The summed E-state index contributed by atoms with van der Waals surface area (Å²) >= 11 is 0. The molecule has 2 nitrogen and oxygen atoms in total. The van der Waals surface area contributed by atoms with Gasteiger partial charge in [0.15, 0.2) is 0 Å². The molecule has 2 heteroatoms. The van der Waals surface area contributed by atoms with Crippen LogP contribution in [0.3, 0.4) is 0 Å². The van der Waals surface area contributed by atoms with Gasteiger partial charge in [-0.3, -0.25) is 0 Å². The zero-order valence-electron chi connectivity index (χ0n) is 17.8. The predicted octanol–water partition coefficient (Wildman–Crippen LogP) is 9.36. The molecule has 0 atom stereocenters. The first-order valence-corrected chi connectivity index (χ1v) is 9.88. The van der Waals surface area contributed by atoms with Crippen molar-refractivity contribution in [3.63, 3.8) is 0 Å². The van der Waals surface area contributed by atoms with Crippen LogP contribution in [0.15, 0.2) is 83.0 Å². The summed E-state index contributed by atoms with van der Waals surface area (Å²) in [6.45, 7) is 16.0. The number of benzene rings is 3. The lowest BCUT2D eigenvalue weighted by Crippen LogP contribution is -1.72. The van der Waals surface area contributed by atoms with Crippen molar-refractivity contribution < 1.29 is 0 Å². The minimum atomic E-state index is 0.866. The van der Waals surface area contributed by atoms with E-state index in [0.29, 0.717) is 0 Å². The van der Waals surface area contributed by atoms with E-state index in [1.807, 2.05) is 110 Å². The molecule has 0 aliphatic rings. The van der Waals surface area contributed by atoms with Crippen molar-refractivity contribution in [3.05, 3.63) is 72.8 Å². The summed E-state index contributed by atoms with van der Waals surface area (Å²) in [4.78, 5) is 0. The van der Waals surface area contributed by atoms with Crippen molar-refractivity contribution in [2.45, 2.75) is 55.4 Å². The van der Waals surface area contributed by atoms with E-state index in [-0.39, 0.29) is 0 Å². The molecule has 0 amide bonds. The molecular weight excluding hydrogens is 316 g/mol. The van der Waals surface area contributed by atoms with Crippen LogP contribution in [0.4, 0.5) is 11.4 Å². The van der Waals surface area contributed by atoms with E-state index < -0.39 is 0 Å². The van der Waals surface area contributed by atoms with Gasteiger partial charge in [-0.15, -0.1) is 5.11 Å². The van der Waals surface area contributed by atoms with Crippen molar-refractivity contribution in [2.24, 2.45) is 10.2 Å². The fourth-order valence-corrected chi connectivity index (χ4v) is 1.90. The zero-order chi connectivity index (χ0) is 20.2. The monoisotopic (exact) mass is 352 g/mol. The zero-order valence-corrected chi connectivity index (χ0v) is 17.8. The second-order valence-corrected chi connectivity index (χ2v) is 4.03. The molecule has 0 aliphatic heterocycles. The summed E-state index contributed by atoms with van der Waals surface area (Å²) in [5.41, 5.74) is 1.77. The average Bonchev–Trinajstić information content (AvgIpc) is 2.78. The van der Waals surface area contributed by atoms with Crippen LogP contribution in [-0.2, 0) is 0 Å². The summed E-state index contributed by atoms with van der Waals surface area (Å²) in [7, 11) is 0. The molecule has 3 aromatic rings. The number of fused-ring (bicyclic) bond motifs is 1. The Kier molecular flexibility index (Phi) is 18.7. The molecule has 0 bridgehead atoms. The summed E-state index contributed by atoms with van der Waals surface area (Å²) in [6, 6.07) is 24.0. The summed E-state index contributed by atoms with van der Waals surface area (Å²) < 4.78 is 0. The van der Waals surface area contributed by atoms with Crippen molar-refractivity contribution in [1.29, 1.82) is 0 Å². The highest BCUT2D eigenvalue weighted by Gasteiger charge is 1.97. The highest BCUT2D eigenvalue weighted by Crippen LogP contribution is 2.27. The first kappa shape index (κ1) is 25.8. The van der Waals surface area contributed by atoms with Gasteiger partial charge in [-0.05, 0) is 23.6 Å². The van der Waals surface area contributed by atoms with Crippen LogP contribution in [0.25, 0.3) is 10.8 Å². The normalized spacial score (nSPS) is 8.62. The lowest BCUT2D eigenvalue weighted by molar-refractivity contribution is 1.24. The first-order valence-electron chi connectivity index (χ1n) is 9.88. The van der Waals surface area contributed by atoms with Crippen LogP contribution in [-0.4, -0.2) is 0 Å². The van der Waals surface area contributed by atoms with Crippen LogP contribution in [0.1, 0.15) is 55.4 Å². The molecule has 142 valence electrons. The van der Waals surface area contributed by atoms with Gasteiger partial charge in [0.2, 0.25) is 0 Å². The van der Waals surface area contributed by atoms with Crippen LogP contribution in [0.2, 0.25) is 0 Å². The number of hydrogen-bond acceptors (Lipinski definition) is 2. The number of nitrogens with zero attached hydrogens (tertiary/aromatic N) is 2. The van der Waals surface area contributed by atoms with Crippen molar-refractivity contribution in [2.75, 3.05) is 0 Å². The van der Waals surface area contributed by atoms with E-state index >= 15 is 0 Å². The SMILES string of the molecule is CC.CC.CC.CC.c1ccc(N=Nc2cccc3ccccc23)cc1. The molecule has 0 saturated carbocycles. The minimum Gasteiger partial charge on any atom is -0.151 e. The van der Waals surface area contributed by atoms with Gasteiger partial charge in [0.25, 0.3) is 0 Å². The smallest absolute Gasteiger partial charge is 0.0935 e. The van der Waals surface area contributed by atoms with Crippen LogP contribution in [0.5, 0.6) is 0 Å². The lowest BCUT2D eigenvalue weighted by Gasteiger charge is -2.00. The Morgan fingerprint density at radius 2 is 0.962 bits per heavy atom. The van der Waals surface area contributed by atoms with E-state index in [4.69, 9.17) is 0 Å². The summed E-state index contributed by atoms with van der Waals surface area (Å²) in [6.07, 6.45) is 0. The van der Waals surface area contributed by atoms with Crippen LogP contribution >= 0.6 is 0 Å². The molecule has 0 heterocycles. The standard InChI is InChI=1S/C16H12N2.4C2H6/c1-2-9-14(10-3-1)17-18-16-12-6-8-13-7-4-5-11-15(13)16;4*1-2/h1-12H;4*1-2H3. The minimum absolute atomic E-state index is 0.866. The predicted molar refractivity (Wildman–Crippen MR) is 120 cm³/mol. The van der Waals surface area contributed by atoms with Gasteiger partial charge >= 0.3 is 0 Å². The van der Waals surface area contributed by atoms with E-state index in [2.05, 4.69) is 28.4 Å². The van der Waals surface area contributed by atoms with E-state index in [1.54, 1.807) is 0 Å². The first-order chi connectivity index (χ1) is 12.9. The maximum absolute atomic E-state index is 4.33. The second kappa shape index (κ2) is 18.9. The van der Waals surface area contributed by atoms with Gasteiger partial charge in [0.1, 0.15) is 0 Å². The molecule has 26 heavy (non-hydrogen) atoms. The molecule has 0 saturated heterocycles. The average molecular weight is 353 g/mol. The number of hydrogen-bond donors (Lipinski definition) is 0. The number of azo groups is 1. The number of rotatable bonds is 2. The van der Waals surface area contributed by atoms with Crippen LogP contribution < -0.4 is 0 Å². The Balaban J connectivity index is 0. The highest BCUT2D eigenvalue weighted by molar-refractivity contribution is 5.92. The van der Waals surface area contributed by atoms with Gasteiger partial charge < -0.3 is 0 Å². The molecule has 3 aromatic carbocycles. The van der Waals surface area contributed by atoms with Crippen molar-refractivity contribution in [3.8, 4) is 0 Å². The van der Waals surface area contributed by atoms with Gasteiger partial charge in [-0.25, -0.2) is 0 Å². The molecule has 3 rings (SSSR count). The third-order valence-corrected chi connectivity index (χ3v) is 2.80. The second-order valence-electron chi connectivity index (χ2n) is 4.03. The fourth-order valence-electron chi connectivity index (χ4n) is 1.90. The Morgan fingerprint density at radius 3 is 1.58 bits per heavy atom. The Bertz CT molecular complexity index is 683. The third kappa shape index (κ3) is 9.12. The van der Waals surface area contributed by atoms with E-state index in [9.17, 15) is 0 Å². The Hall–Kier alpha value is -2.48. The molecule has 0 fully saturated rings. The van der Waals surface area contributed by atoms with Gasteiger partial charge in [-0.2, -0.15) is 5.11 Å². The van der Waals surface area contributed by atoms with E-state index in [0.717, 1.165) is 16.8 Å². The van der Waals surface area contributed by atoms with Gasteiger partial charge in [-0.1, -0.05) is 110 Å². The van der Waals surface area contributed by atoms with Crippen LogP contribution in [0, 0.1) is 0 Å². The molecular formula is C24H36N2. The molecule has 0 N–H and O–H groups in total. The molecule has 0 spiro atoms. The van der Waals surface area contributed by atoms with Gasteiger partial charge in [0.05, 0.1) is 11.4 Å². The van der Waals surface area contributed by atoms with E-state index in [1.165, 1.54) is 5.39 Å². The molecule has 0 aromatic heterocycles. The van der Waals surface area contributed by atoms with Gasteiger partial charge in [0, 0.05) is 5.39 Å². The Morgan fingerprint density at radius 1 is 0.462 bits per heavy atom. The summed E-state index contributed by atoms with van der Waals surface area (Å²) in [5.74, 6) is 0. The topological polar surface area (TPSA) is 24.7 Å².